The van der Waals surface area contributed by atoms with Crippen LogP contribution in [0.3, 0.4) is 0 Å². The van der Waals surface area contributed by atoms with E-state index in [0.29, 0.717) is 29.2 Å². The molecule has 23 heavy (non-hydrogen) atoms. The molecule has 0 aromatic heterocycles. The molecule has 0 unspecified atom stereocenters. The Hall–Kier alpha value is -2.91. The number of thiocarbonyl (C=S) groups is 1. The van der Waals surface area contributed by atoms with Crippen molar-refractivity contribution in [2.24, 2.45) is 0 Å². The van der Waals surface area contributed by atoms with E-state index in [2.05, 4.69) is 10.6 Å². The van der Waals surface area contributed by atoms with Crippen LogP contribution >= 0.6 is 12.2 Å². The van der Waals surface area contributed by atoms with Gasteiger partial charge >= 0.3 is 0 Å². The predicted octanol–water partition coefficient (Wildman–Crippen LogP) is 3.08. The van der Waals surface area contributed by atoms with Gasteiger partial charge in [0.15, 0.2) is 5.11 Å². The lowest BCUT2D eigenvalue weighted by molar-refractivity contribution is 0.0974. The third-order valence-electron chi connectivity index (χ3n) is 2.93. The topological polar surface area (TPSA) is 74.2 Å². The number of amides is 1. The van der Waals surface area contributed by atoms with Crippen LogP contribution in [0.25, 0.3) is 0 Å². The number of nitrogens with one attached hydrogen (secondary N) is 2. The monoisotopic (exact) mass is 325 g/mol. The van der Waals surface area contributed by atoms with Crippen LogP contribution in [0.4, 0.5) is 5.69 Å². The third kappa shape index (κ3) is 4.53. The van der Waals surface area contributed by atoms with E-state index < -0.39 is 0 Å². The number of rotatable bonds is 4. The van der Waals surface area contributed by atoms with Crippen LogP contribution in [-0.4, -0.2) is 17.6 Å². The fraction of sp³-hybridized carbons (Fsp3) is 0.118. The number of carbonyl (C=O) groups is 1. The Kier molecular flexibility index (Phi) is 5.67. The molecule has 0 aliphatic rings. The number of benzene rings is 2. The molecule has 2 aromatic carbocycles. The smallest absolute Gasteiger partial charge is 0.261 e. The fourth-order valence-electron chi connectivity index (χ4n) is 1.90. The highest BCUT2D eigenvalue weighted by Crippen LogP contribution is 2.17. The fourth-order valence-corrected chi connectivity index (χ4v) is 2.11. The van der Waals surface area contributed by atoms with Gasteiger partial charge in [-0.25, -0.2) is 0 Å². The maximum atomic E-state index is 12.3. The quantitative estimate of drug-likeness (QED) is 0.845. The van der Waals surface area contributed by atoms with Gasteiger partial charge in [0.25, 0.3) is 5.91 Å². The maximum absolute atomic E-state index is 12.3. The summed E-state index contributed by atoms with van der Waals surface area (Å²) in [7, 11) is 0. The van der Waals surface area contributed by atoms with Crippen LogP contribution in [0, 0.1) is 11.3 Å². The van der Waals surface area contributed by atoms with E-state index >= 15 is 0 Å². The summed E-state index contributed by atoms with van der Waals surface area (Å²) < 4.78 is 5.43. The molecular weight excluding hydrogens is 310 g/mol. The molecule has 0 aliphatic carbocycles. The first-order valence-electron chi connectivity index (χ1n) is 6.98. The molecule has 2 rings (SSSR count). The van der Waals surface area contributed by atoms with Gasteiger partial charge in [0.05, 0.1) is 23.8 Å². The van der Waals surface area contributed by atoms with E-state index in [4.69, 9.17) is 22.2 Å². The molecule has 0 atom stereocenters. The van der Waals surface area contributed by atoms with Gasteiger partial charge in [-0.05, 0) is 55.5 Å². The summed E-state index contributed by atoms with van der Waals surface area (Å²) in [6, 6.07) is 15.8. The molecule has 2 aromatic rings. The summed E-state index contributed by atoms with van der Waals surface area (Å²) in [4.78, 5) is 12.3. The molecule has 2 N–H and O–H groups in total. The van der Waals surface area contributed by atoms with Crippen molar-refractivity contribution >= 4 is 28.9 Å². The zero-order valence-electron chi connectivity index (χ0n) is 12.5. The molecule has 0 aliphatic heterocycles. The van der Waals surface area contributed by atoms with E-state index in [1.165, 1.54) is 0 Å². The van der Waals surface area contributed by atoms with E-state index in [1.54, 1.807) is 48.5 Å². The Morgan fingerprint density at radius 2 is 1.91 bits per heavy atom. The molecule has 116 valence electrons. The molecule has 0 fully saturated rings. The second-order valence-electron chi connectivity index (χ2n) is 4.53. The van der Waals surface area contributed by atoms with Gasteiger partial charge in [0.1, 0.15) is 5.75 Å². The van der Waals surface area contributed by atoms with Crippen molar-refractivity contribution in [3.05, 3.63) is 59.7 Å². The van der Waals surface area contributed by atoms with Crippen molar-refractivity contribution in [3.63, 3.8) is 0 Å². The van der Waals surface area contributed by atoms with Gasteiger partial charge in [-0.15, -0.1) is 0 Å². The highest BCUT2D eigenvalue weighted by molar-refractivity contribution is 7.80. The van der Waals surface area contributed by atoms with Crippen molar-refractivity contribution in [3.8, 4) is 11.8 Å². The number of nitrogens with zero attached hydrogens (tertiary/aromatic N) is 1. The summed E-state index contributed by atoms with van der Waals surface area (Å²) in [6.45, 7) is 2.32. The van der Waals surface area contributed by atoms with E-state index in [1.807, 2.05) is 13.0 Å². The number of anilines is 1. The van der Waals surface area contributed by atoms with Gasteiger partial charge in [0.2, 0.25) is 0 Å². The number of nitriles is 1. The largest absolute Gasteiger partial charge is 0.493 e. The SMILES string of the molecule is CCOc1ccccc1C(=O)NC(=S)Nc1ccc(C#N)cc1. The van der Waals surface area contributed by atoms with Crippen molar-refractivity contribution < 1.29 is 9.53 Å². The molecule has 0 saturated carbocycles. The van der Waals surface area contributed by atoms with E-state index in [-0.39, 0.29) is 11.0 Å². The number of ether oxygens (including phenoxy) is 1. The Morgan fingerprint density at radius 3 is 2.57 bits per heavy atom. The first-order chi connectivity index (χ1) is 11.1. The van der Waals surface area contributed by atoms with Crippen molar-refractivity contribution in [2.75, 3.05) is 11.9 Å². The van der Waals surface area contributed by atoms with Gasteiger partial charge in [-0.2, -0.15) is 5.26 Å². The molecule has 0 saturated heterocycles. The number of hydrogen-bond donors (Lipinski definition) is 2. The molecule has 6 heteroatoms. The first-order valence-corrected chi connectivity index (χ1v) is 7.39. The van der Waals surface area contributed by atoms with Gasteiger partial charge in [0, 0.05) is 5.69 Å². The lowest BCUT2D eigenvalue weighted by Gasteiger charge is -2.12. The van der Waals surface area contributed by atoms with Gasteiger partial charge < -0.3 is 10.1 Å². The lowest BCUT2D eigenvalue weighted by Crippen LogP contribution is -2.34. The van der Waals surface area contributed by atoms with Crippen molar-refractivity contribution in [2.45, 2.75) is 6.92 Å². The first kappa shape index (κ1) is 16.5. The Morgan fingerprint density at radius 1 is 1.22 bits per heavy atom. The second kappa shape index (κ2) is 7.92. The second-order valence-corrected chi connectivity index (χ2v) is 4.93. The molecule has 0 heterocycles. The summed E-state index contributed by atoms with van der Waals surface area (Å²) in [5.74, 6) is 0.161. The zero-order chi connectivity index (χ0) is 16.7. The highest BCUT2D eigenvalue weighted by atomic mass is 32.1. The average molecular weight is 325 g/mol. The van der Waals surface area contributed by atoms with Crippen molar-refractivity contribution in [1.29, 1.82) is 5.26 Å². The number of carbonyl (C=O) groups excluding carboxylic acids is 1. The molecular formula is C17H15N3O2S. The normalized spacial score (nSPS) is 9.57. The summed E-state index contributed by atoms with van der Waals surface area (Å²) in [5.41, 5.74) is 1.65. The Labute approximate surface area is 139 Å². The molecule has 0 radical (unpaired) electrons. The van der Waals surface area contributed by atoms with Crippen LogP contribution in [0.2, 0.25) is 0 Å². The summed E-state index contributed by atoms with van der Waals surface area (Å²) >= 11 is 5.13. The van der Waals surface area contributed by atoms with Gasteiger partial charge in [-0.3, -0.25) is 10.1 Å². The van der Waals surface area contributed by atoms with E-state index in [0.717, 1.165) is 0 Å². The van der Waals surface area contributed by atoms with Gasteiger partial charge in [-0.1, -0.05) is 12.1 Å². The Balaban J connectivity index is 2.02. The number of hydrogen-bond acceptors (Lipinski definition) is 4. The Bertz CT molecular complexity index is 751. The molecule has 0 spiro atoms. The molecule has 1 amide bonds. The summed E-state index contributed by atoms with van der Waals surface area (Å²) in [6.07, 6.45) is 0. The zero-order valence-corrected chi connectivity index (χ0v) is 13.3. The van der Waals surface area contributed by atoms with E-state index in [9.17, 15) is 4.79 Å². The summed E-state index contributed by atoms with van der Waals surface area (Å²) in [5, 5.41) is 14.4. The predicted molar refractivity (Wildman–Crippen MR) is 92.5 cm³/mol. The van der Waals surface area contributed by atoms with Crippen LogP contribution in [0.5, 0.6) is 5.75 Å². The number of para-hydroxylation sites is 1. The van der Waals surface area contributed by atoms with Crippen LogP contribution in [0.1, 0.15) is 22.8 Å². The third-order valence-corrected chi connectivity index (χ3v) is 3.13. The maximum Gasteiger partial charge on any atom is 0.261 e. The van der Waals surface area contributed by atoms with Crippen molar-refractivity contribution in [1.82, 2.24) is 5.32 Å². The average Bonchev–Trinajstić information content (AvgIpc) is 2.56. The van der Waals surface area contributed by atoms with Crippen LogP contribution < -0.4 is 15.4 Å². The lowest BCUT2D eigenvalue weighted by atomic mass is 10.2. The van der Waals surface area contributed by atoms with Crippen LogP contribution in [-0.2, 0) is 0 Å². The van der Waals surface area contributed by atoms with Crippen LogP contribution in [0.15, 0.2) is 48.5 Å². The molecule has 5 nitrogen and oxygen atoms in total. The highest BCUT2D eigenvalue weighted by Gasteiger charge is 2.13. The minimum atomic E-state index is -0.347. The standard InChI is InChI=1S/C17H15N3O2S/c1-2-22-15-6-4-3-5-14(15)16(21)20-17(23)19-13-9-7-12(11-18)8-10-13/h3-10H,2H2,1H3,(H2,19,20,21,23). The minimum Gasteiger partial charge on any atom is -0.493 e. The molecule has 0 bridgehead atoms. The minimum absolute atomic E-state index is 0.172.